The number of benzene rings is 1. The molecule has 8 nitrogen and oxygen atoms in total. The Labute approximate surface area is 193 Å². The maximum absolute atomic E-state index is 11.7. The number of nitrogens with one attached hydrogen (secondary N) is 1. The van der Waals surface area contributed by atoms with E-state index in [1.807, 2.05) is 34.2 Å². The van der Waals surface area contributed by atoms with Gasteiger partial charge in [-0.05, 0) is 37.1 Å². The van der Waals surface area contributed by atoms with E-state index in [9.17, 15) is 4.21 Å². The van der Waals surface area contributed by atoms with Crippen molar-refractivity contribution in [2.45, 2.75) is 43.0 Å². The normalized spacial score (nSPS) is 15.7. The van der Waals surface area contributed by atoms with Gasteiger partial charge in [0.25, 0.3) is 0 Å². The van der Waals surface area contributed by atoms with E-state index < -0.39 is 10.8 Å². The lowest BCUT2D eigenvalue weighted by atomic mass is 9.95. The van der Waals surface area contributed by atoms with Crippen LogP contribution in [0, 0.1) is 0 Å². The van der Waals surface area contributed by atoms with Gasteiger partial charge in [0.15, 0.2) is 22.8 Å². The molecule has 3 heterocycles. The summed E-state index contributed by atoms with van der Waals surface area (Å²) in [5.74, 6) is 2.12. The fraction of sp³-hybridized carbons (Fsp3) is 0.364. The zero-order valence-electron chi connectivity index (χ0n) is 18.1. The fourth-order valence-electron chi connectivity index (χ4n) is 4.12. The van der Waals surface area contributed by atoms with Gasteiger partial charge >= 0.3 is 0 Å². The Bertz CT molecular complexity index is 1230. The third-order valence-corrected chi connectivity index (χ3v) is 7.45. The van der Waals surface area contributed by atoms with E-state index in [4.69, 9.17) is 9.97 Å². The standard InChI is InChI=1S/C22H25N7OS2/c1-28(16-6-4-3-5-7-16)22-26-20(25-15-8-10-17(11-9-15)32(2)30)19-21(27-22)29(13-23-19)18-12-31-14-24-18/h8-14,16H,3-7H2,1-2H3,(H,25,26,27). The van der Waals surface area contributed by atoms with E-state index in [0.29, 0.717) is 23.3 Å². The van der Waals surface area contributed by atoms with Gasteiger partial charge in [0.1, 0.15) is 6.33 Å². The molecule has 1 aliphatic carbocycles. The van der Waals surface area contributed by atoms with Gasteiger partial charge < -0.3 is 10.2 Å². The molecule has 0 saturated heterocycles. The van der Waals surface area contributed by atoms with Crippen LogP contribution in [-0.2, 0) is 10.8 Å². The van der Waals surface area contributed by atoms with Crippen molar-refractivity contribution in [3.63, 3.8) is 0 Å². The van der Waals surface area contributed by atoms with Crippen molar-refractivity contribution in [1.82, 2.24) is 24.5 Å². The van der Waals surface area contributed by atoms with Crippen molar-refractivity contribution in [2.24, 2.45) is 0 Å². The Balaban J connectivity index is 1.57. The van der Waals surface area contributed by atoms with Crippen LogP contribution in [0.4, 0.5) is 17.5 Å². The highest BCUT2D eigenvalue weighted by atomic mass is 32.2. The molecule has 0 radical (unpaired) electrons. The predicted octanol–water partition coefficient (Wildman–Crippen LogP) is 4.52. The lowest BCUT2D eigenvalue weighted by Crippen LogP contribution is -2.34. The summed E-state index contributed by atoms with van der Waals surface area (Å²) in [5.41, 5.74) is 4.06. The van der Waals surface area contributed by atoms with Crippen LogP contribution >= 0.6 is 11.3 Å². The van der Waals surface area contributed by atoms with Gasteiger partial charge in [0.05, 0.1) is 5.51 Å². The average Bonchev–Trinajstić information content (AvgIpc) is 3.49. The molecule has 166 valence electrons. The van der Waals surface area contributed by atoms with Gasteiger partial charge in [0.2, 0.25) is 5.95 Å². The van der Waals surface area contributed by atoms with E-state index in [1.165, 1.54) is 30.6 Å². The molecule has 1 N–H and O–H groups in total. The van der Waals surface area contributed by atoms with Gasteiger partial charge in [-0.1, -0.05) is 19.3 Å². The van der Waals surface area contributed by atoms with E-state index in [1.54, 1.807) is 18.1 Å². The molecule has 1 saturated carbocycles. The number of thiazole rings is 1. The molecule has 0 bridgehead atoms. The Morgan fingerprint density at radius 3 is 2.59 bits per heavy atom. The first-order chi connectivity index (χ1) is 15.6. The molecule has 5 rings (SSSR count). The van der Waals surface area contributed by atoms with Crippen molar-refractivity contribution in [1.29, 1.82) is 0 Å². The van der Waals surface area contributed by atoms with Crippen LogP contribution in [0.5, 0.6) is 0 Å². The molecule has 0 spiro atoms. The first-order valence-electron chi connectivity index (χ1n) is 10.7. The van der Waals surface area contributed by atoms with E-state index in [-0.39, 0.29) is 0 Å². The average molecular weight is 468 g/mol. The van der Waals surface area contributed by atoms with Crippen molar-refractivity contribution >= 4 is 50.8 Å². The number of aromatic nitrogens is 5. The number of hydrogen-bond donors (Lipinski definition) is 1. The molecule has 1 unspecified atom stereocenters. The van der Waals surface area contributed by atoms with Gasteiger partial charge in [-0.15, -0.1) is 11.3 Å². The van der Waals surface area contributed by atoms with Crippen LogP contribution in [-0.4, -0.2) is 48.1 Å². The summed E-state index contributed by atoms with van der Waals surface area (Å²) in [6.07, 6.45) is 9.51. The molecular weight excluding hydrogens is 442 g/mol. The zero-order valence-corrected chi connectivity index (χ0v) is 19.7. The Morgan fingerprint density at radius 2 is 1.91 bits per heavy atom. The summed E-state index contributed by atoms with van der Waals surface area (Å²) in [6, 6.07) is 7.97. The number of hydrogen-bond acceptors (Lipinski definition) is 8. The van der Waals surface area contributed by atoms with Gasteiger partial charge in [-0.25, -0.2) is 9.97 Å². The second-order valence-electron chi connectivity index (χ2n) is 8.01. The van der Waals surface area contributed by atoms with Crippen molar-refractivity contribution < 1.29 is 4.21 Å². The highest BCUT2D eigenvalue weighted by Crippen LogP contribution is 2.30. The predicted molar refractivity (Wildman–Crippen MR) is 130 cm³/mol. The lowest BCUT2D eigenvalue weighted by molar-refractivity contribution is 0.424. The molecule has 3 aromatic heterocycles. The number of rotatable bonds is 6. The number of fused-ring (bicyclic) bond motifs is 1. The molecule has 1 fully saturated rings. The van der Waals surface area contributed by atoms with Crippen molar-refractivity contribution in [3.8, 4) is 5.82 Å². The Morgan fingerprint density at radius 1 is 1.12 bits per heavy atom. The minimum absolute atomic E-state index is 0.434. The Kier molecular flexibility index (Phi) is 5.88. The quantitative estimate of drug-likeness (QED) is 0.446. The number of anilines is 3. The molecule has 4 aromatic rings. The summed E-state index contributed by atoms with van der Waals surface area (Å²) < 4.78 is 13.6. The zero-order chi connectivity index (χ0) is 22.1. The Hall–Kier alpha value is -2.85. The molecule has 1 aromatic carbocycles. The molecule has 32 heavy (non-hydrogen) atoms. The second-order valence-corrected chi connectivity index (χ2v) is 10.1. The maximum Gasteiger partial charge on any atom is 0.229 e. The van der Waals surface area contributed by atoms with Gasteiger partial charge in [-0.2, -0.15) is 9.97 Å². The second kappa shape index (κ2) is 8.95. The largest absolute Gasteiger partial charge is 0.341 e. The molecule has 1 aliphatic rings. The van der Waals surface area contributed by atoms with Crippen LogP contribution in [0.2, 0.25) is 0 Å². The summed E-state index contributed by atoms with van der Waals surface area (Å²) >= 11 is 1.54. The molecule has 0 amide bonds. The SMILES string of the molecule is CN(c1nc(Nc2ccc(S(C)=O)cc2)c2ncn(-c3cscn3)c2n1)C1CCCCC1. The van der Waals surface area contributed by atoms with Gasteiger partial charge in [0, 0.05) is 46.1 Å². The molecule has 0 aliphatic heterocycles. The molecule has 1 atom stereocenters. The summed E-state index contributed by atoms with van der Waals surface area (Å²) in [7, 11) is 1.06. The molecule has 10 heteroatoms. The van der Waals surface area contributed by atoms with Crippen LogP contribution in [0.1, 0.15) is 32.1 Å². The third-order valence-electron chi connectivity index (χ3n) is 5.94. The number of nitrogens with zero attached hydrogens (tertiary/aromatic N) is 6. The van der Waals surface area contributed by atoms with Crippen molar-refractivity contribution in [2.75, 3.05) is 23.5 Å². The first-order valence-corrected chi connectivity index (χ1v) is 13.2. The number of imidazole rings is 1. The summed E-state index contributed by atoms with van der Waals surface area (Å²) in [4.78, 5) is 21.8. The fourth-order valence-corrected chi connectivity index (χ4v) is 5.17. The highest BCUT2D eigenvalue weighted by Gasteiger charge is 2.23. The van der Waals surface area contributed by atoms with E-state index in [0.717, 1.165) is 34.9 Å². The third kappa shape index (κ3) is 4.12. The topological polar surface area (TPSA) is 88.8 Å². The van der Waals surface area contributed by atoms with Gasteiger partial charge in [-0.3, -0.25) is 8.78 Å². The van der Waals surface area contributed by atoms with Crippen molar-refractivity contribution in [3.05, 3.63) is 41.5 Å². The summed E-state index contributed by atoms with van der Waals surface area (Å²) in [5, 5.41) is 5.38. The van der Waals surface area contributed by atoms with Crippen LogP contribution in [0.15, 0.2) is 46.4 Å². The minimum Gasteiger partial charge on any atom is -0.341 e. The van der Waals surface area contributed by atoms with Crippen LogP contribution in [0.25, 0.3) is 17.0 Å². The monoisotopic (exact) mass is 467 g/mol. The van der Waals surface area contributed by atoms with E-state index in [2.05, 4.69) is 27.2 Å². The first kappa shape index (κ1) is 21.0. The maximum atomic E-state index is 11.7. The van der Waals surface area contributed by atoms with Crippen LogP contribution in [0.3, 0.4) is 0 Å². The highest BCUT2D eigenvalue weighted by molar-refractivity contribution is 7.84. The minimum atomic E-state index is -1.01. The smallest absolute Gasteiger partial charge is 0.229 e. The lowest BCUT2D eigenvalue weighted by Gasteiger charge is -2.31. The summed E-state index contributed by atoms with van der Waals surface area (Å²) in [6.45, 7) is 0. The van der Waals surface area contributed by atoms with E-state index >= 15 is 0 Å². The molecular formula is C22H25N7OS2. The van der Waals surface area contributed by atoms with Crippen LogP contribution < -0.4 is 10.2 Å².